The average Bonchev–Trinajstić information content (AvgIpc) is 2.57. The minimum atomic E-state index is -0.535. The van der Waals surface area contributed by atoms with Gasteiger partial charge in [0.25, 0.3) is 5.91 Å². The smallest absolute Gasteiger partial charge is 0.349 e. The molecule has 6 nitrogen and oxygen atoms in total. The number of carbonyl (C=O) groups is 1. The molecule has 3 rings (SSSR count). The Morgan fingerprint density at radius 2 is 2.24 bits per heavy atom. The first-order chi connectivity index (χ1) is 12.0. The SMILES string of the molecule is COCC1(CNC(=O)c2c(C)cc(C3CCCNC3)oc2=O)CCC1. The van der Waals surface area contributed by atoms with Crippen LogP contribution in [0.4, 0.5) is 0 Å². The number of carbonyl (C=O) groups excluding carboxylic acids is 1. The molecule has 1 aromatic rings. The predicted molar refractivity (Wildman–Crippen MR) is 95.1 cm³/mol. The van der Waals surface area contributed by atoms with Crippen molar-refractivity contribution >= 4 is 5.91 Å². The van der Waals surface area contributed by atoms with Crippen LogP contribution in [0.15, 0.2) is 15.3 Å². The Morgan fingerprint density at radius 3 is 2.80 bits per heavy atom. The lowest BCUT2D eigenvalue weighted by Crippen LogP contribution is -2.45. The van der Waals surface area contributed by atoms with Crippen LogP contribution in [-0.2, 0) is 4.74 Å². The minimum Gasteiger partial charge on any atom is -0.427 e. The summed E-state index contributed by atoms with van der Waals surface area (Å²) >= 11 is 0. The highest BCUT2D eigenvalue weighted by Crippen LogP contribution is 2.40. The van der Waals surface area contributed by atoms with E-state index in [0.717, 1.165) is 45.2 Å². The number of hydrogen-bond acceptors (Lipinski definition) is 5. The maximum atomic E-state index is 12.5. The van der Waals surface area contributed by atoms with Gasteiger partial charge < -0.3 is 19.8 Å². The third-order valence-electron chi connectivity index (χ3n) is 5.58. The van der Waals surface area contributed by atoms with Crippen molar-refractivity contribution in [2.45, 2.75) is 44.9 Å². The van der Waals surface area contributed by atoms with E-state index >= 15 is 0 Å². The molecule has 2 heterocycles. The lowest BCUT2D eigenvalue weighted by atomic mass is 9.69. The van der Waals surface area contributed by atoms with Crippen LogP contribution in [0, 0.1) is 12.3 Å². The minimum absolute atomic E-state index is 0.0201. The maximum Gasteiger partial charge on any atom is 0.349 e. The third-order valence-corrected chi connectivity index (χ3v) is 5.58. The summed E-state index contributed by atoms with van der Waals surface area (Å²) in [4.78, 5) is 24.9. The summed E-state index contributed by atoms with van der Waals surface area (Å²) in [5.41, 5.74) is 0.294. The molecule has 1 atom stereocenters. The molecule has 1 saturated heterocycles. The molecule has 0 spiro atoms. The van der Waals surface area contributed by atoms with Gasteiger partial charge in [-0.25, -0.2) is 4.79 Å². The average molecular weight is 348 g/mol. The second kappa shape index (κ2) is 7.70. The van der Waals surface area contributed by atoms with Crippen LogP contribution in [0.1, 0.15) is 59.7 Å². The summed E-state index contributed by atoms with van der Waals surface area (Å²) in [6.07, 6.45) is 5.31. The van der Waals surface area contributed by atoms with Crippen molar-refractivity contribution in [3.63, 3.8) is 0 Å². The molecular weight excluding hydrogens is 320 g/mol. The number of hydrogen-bond donors (Lipinski definition) is 2. The fourth-order valence-corrected chi connectivity index (χ4v) is 3.91. The zero-order chi connectivity index (χ0) is 17.9. The van der Waals surface area contributed by atoms with Crippen molar-refractivity contribution in [3.05, 3.63) is 33.4 Å². The summed E-state index contributed by atoms with van der Waals surface area (Å²) in [5.74, 6) is 0.542. The van der Waals surface area contributed by atoms with Gasteiger partial charge in [-0.3, -0.25) is 4.79 Å². The normalized spacial score (nSPS) is 22.2. The van der Waals surface area contributed by atoms with Crippen molar-refractivity contribution in [2.24, 2.45) is 5.41 Å². The van der Waals surface area contributed by atoms with Gasteiger partial charge in [0.2, 0.25) is 0 Å². The van der Waals surface area contributed by atoms with Crippen LogP contribution in [0.25, 0.3) is 0 Å². The largest absolute Gasteiger partial charge is 0.427 e. The van der Waals surface area contributed by atoms with Crippen LogP contribution in [0.3, 0.4) is 0 Å². The Balaban J connectivity index is 1.71. The van der Waals surface area contributed by atoms with E-state index < -0.39 is 5.63 Å². The highest BCUT2D eigenvalue weighted by atomic mass is 16.5. The monoisotopic (exact) mass is 348 g/mol. The van der Waals surface area contributed by atoms with Crippen LogP contribution < -0.4 is 16.3 Å². The second-order valence-corrected chi connectivity index (χ2v) is 7.51. The number of methoxy groups -OCH3 is 1. The Morgan fingerprint density at radius 1 is 1.44 bits per heavy atom. The first-order valence-electron chi connectivity index (χ1n) is 9.17. The molecule has 1 amide bonds. The van der Waals surface area contributed by atoms with Crippen molar-refractivity contribution < 1.29 is 13.9 Å². The molecule has 2 N–H and O–H groups in total. The molecule has 1 aliphatic carbocycles. The van der Waals surface area contributed by atoms with Crippen LogP contribution in [0.2, 0.25) is 0 Å². The maximum absolute atomic E-state index is 12.5. The molecule has 1 aliphatic heterocycles. The summed E-state index contributed by atoms with van der Waals surface area (Å²) in [6.45, 7) is 4.79. The van der Waals surface area contributed by atoms with Crippen LogP contribution in [0.5, 0.6) is 0 Å². The number of nitrogens with one attached hydrogen (secondary N) is 2. The zero-order valence-electron chi connectivity index (χ0n) is 15.2. The molecule has 2 aliphatic rings. The Kier molecular flexibility index (Phi) is 5.59. The Bertz CT molecular complexity index is 672. The van der Waals surface area contributed by atoms with Gasteiger partial charge in [-0.2, -0.15) is 0 Å². The lowest BCUT2D eigenvalue weighted by molar-refractivity contribution is 0.0179. The molecule has 1 aromatic heterocycles. The lowest BCUT2D eigenvalue weighted by Gasteiger charge is -2.41. The standard InChI is InChI=1S/C19H28N2O4/c1-13-9-15(14-5-3-8-20-10-14)25-18(23)16(13)17(22)21-11-19(12-24-2)6-4-7-19/h9,14,20H,3-8,10-12H2,1-2H3,(H,21,22). The van der Waals surface area contributed by atoms with Crippen molar-refractivity contribution in [2.75, 3.05) is 33.4 Å². The Hall–Kier alpha value is -1.66. The first-order valence-corrected chi connectivity index (χ1v) is 9.17. The molecule has 0 radical (unpaired) electrons. The molecule has 25 heavy (non-hydrogen) atoms. The molecular formula is C19H28N2O4. The summed E-state index contributed by atoms with van der Waals surface area (Å²) in [6, 6.07) is 1.85. The summed E-state index contributed by atoms with van der Waals surface area (Å²) in [5, 5.41) is 6.23. The molecule has 6 heteroatoms. The van der Waals surface area contributed by atoms with Crippen molar-refractivity contribution in [3.8, 4) is 0 Å². The van der Waals surface area contributed by atoms with E-state index in [1.54, 1.807) is 14.0 Å². The summed E-state index contributed by atoms with van der Waals surface area (Å²) < 4.78 is 10.8. The quantitative estimate of drug-likeness (QED) is 0.821. The molecule has 2 fully saturated rings. The van der Waals surface area contributed by atoms with Gasteiger partial charge >= 0.3 is 5.63 Å². The topological polar surface area (TPSA) is 80.6 Å². The van der Waals surface area contributed by atoms with E-state index in [9.17, 15) is 9.59 Å². The number of piperidine rings is 1. The molecule has 0 bridgehead atoms. The fraction of sp³-hybridized carbons (Fsp3) is 0.684. The van der Waals surface area contributed by atoms with E-state index in [-0.39, 0.29) is 22.8 Å². The van der Waals surface area contributed by atoms with E-state index in [1.165, 1.54) is 0 Å². The highest BCUT2D eigenvalue weighted by Gasteiger charge is 2.37. The van der Waals surface area contributed by atoms with Crippen LogP contribution >= 0.6 is 0 Å². The van der Waals surface area contributed by atoms with Gasteiger partial charge in [0.15, 0.2) is 0 Å². The van der Waals surface area contributed by atoms with E-state index in [0.29, 0.717) is 24.5 Å². The molecule has 138 valence electrons. The van der Waals surface area contributed by atoms with E-state index in [2.05, 4.69) is 10.6 Å². The van der Waals surface area contributed by atoms with Gasteiger partial charge in [-0.05, 0) is 50.8 Å². The number of amides is 1. The second-order valence-electron chi connectivity index (χ2n) is 7.51. The van der Waals surface area contributed by atoms with Crippen molar-refractivity contribution in [1.29, 1.82) is 0 Å². The van der Waals surface area contributed by atoms with E-state index in [1.807, 2.05) is 6.07 Å². The van der Waals surface area contributed by atoms with Gasteiger partial charge in [0.1, 0.15) is 11.3 Å². The zero-order valence-corrected chi connectivity index (χ0v) is 15.2. The van der Waals surface area contributed by atoms with Crippen LogP contribution in [-0.4, -0.2) is 39.3 Å². The van der Waals surface area contributed by atoms with Gasteiger partial charge in [-0.1, -0.05) is 6.42 Å². The van der Waals surface area contributed by atoms with Gasteiger partial charge in [0, 0.05) is 31.5 Å². The van der Waals surface area contributed by atoms with Crippen molar-refractivity contribution in [1.82, 2.24) is 10.6 Å². The molecule has 1 unspecified atom stereocenters. The van der Waals surface area contributed by atoms with Gasteiger partial charge in [0.05, 0.1) is 6.61 Å². The third kappa shape index (κ3) is 3.96. The fourth-order valence-electron chi connectivity index (χ4n) is 3.91. The molecule has 1 saturated carbocycles. The first kappa shape index (κ1) is 18.1. The van der Waals surface area contributed by atoms with E-state index in [4.69, 9.17) is 9.15 Å². The summed E-state index contributed by atoms with van der Waals surface area (Å²) in [7, 11) is 1.68. The van der Waals surface area contributed by atoms with Gasteiger partial charge in [-0.15, -0.1) is 0 Å². The Labute approximate surface area is 148 Å². The number of ether oxygens (including phenoxy) is 1. The number of rotatable bonds is 6. The molecule has 0 aromatic carbocycles. The predicted octanol–water partition coefficient (Wildman–Crippen LogP) is 1.96. The highest BCUT2D eigenvalue weighted by molar-refractivity contribution is 5.95. The number of aryl methyl sites for hydroxylation is 1.